The molecule has 1 aromatic heterocycles. The van der Waals surface area contributed by atoms with Crippen LogP contribution in [0.15, 0.2) is 47.1 Å². The summed E-state index contributed by atoms with van der Waals surface area (Å²) in [6, 6.07) is 10.4. The largest absolute Gasteiger partial charge is 0.497 e. The summed E-state index contributed by atoms with van der Waals surface area (Å²) in [5.74, 6) is 1.27. The average molecular weight is 318 g/mol. The normalized spacial score (nSPS) is 13.2. The molecule has 0 aliphatic rings. The number of aliphatic hydroxyl groups excluding tert-OH is 1. The molecule has 6 nitrogen and oxygen atoms in total. The van der Waals surface area contributed by atoms with Gasteiger partial charge >= 0.3 is 6.03 Å². The van der Waals surface area contributed by atoms with Crippen LogP contribution in [0.4, 0.5) is 4.79 Å². The number of benzene rings is 1. The predicted octanol–water partition coefficient (Wildman–Crippen LogP) is 2.60. The number of methoxy groups -OCH3 is 1. The molecule has 2 rings (SSSR count). The van der Waals surface area contributed by atoms with Gasteiger partial charge in [0.05, 0.1) is 13.4 Å². The smallest absolute Gasteiger partial charge is 0.315 e. The second kappa shape index (κ2) is 8.24. The van der Waals surface area contributed by atoms with Crippen molar-refractivity contribution in [2.45, 2.75) is 32.0 Å². The van der Waals surface area contributed by atoms with E-state index in [0.717, 1.165) is 11.3 Å². The van der Waals surface area contributed by atoms with Crippen LogP contribution in [0.2, 0.25) is 0 Å². The summed E-state index contributed by atoms with van der Waals surface area (Å²) in [4.78, 5) is 11.9. The van der Waals surface area contributed by atoms with Crippen LogP contribution in [0.3, 0.4) is 0 Å². The molecule has 1 heterocycles. The lowest BCUT2D eigenvalue weighted by molar-refractivity contribution is 0.129. The Morgan fingerprint density at radius 1 is 1.30 bits per heavy atom. The molecule has 2 aromatic rings. The van der Waals surface area contributed by atoms with Crippen LogP contribution in [0.5, 0.6) is 5.75 Å². The van der Waals surface area contributed by atoms with Gasteiger partial charge in [0.25, 0.3) is 0 Å². The van der Waals surface area contributed by atoms with Crippen molar-refractivity contribution in [3.8, 4) is 5.75 Å². The Morgan fingerprint density at radius 2 is 2.04 bits per heavy atom. The maximum absolute atomic E-state index is 11.9. The zero-order chi connectivity index (χ0) is 16.7. The van der Waals surface area contributed by atoms with Gasteiger partial charge in [0.1, 0.15) is 17.6 Å². The van der Waals surface area contributed by atoms with E-state index in [9.17, 15) is 9.90 Å². The summed E-state index contributed by atoms with van der Waals surface area (Å²) in [7, 11) is 1.61. The third kappa shape index (κ3) is 5.34. The van der Waals surface area contributed by atoms with Crippen molar-refractivity contribution in [1.82, 2.24) is 10.6 Å². The molecule has 23 heavy (non-hydrogen) atoms. The van der Waals surface area contributed by atoms with Crippen molar-refractivity contribution >= 4 is 6.03 Å². The van der Waals surface area contributed by atoms with Crippen molar-refractivity contribution in [1.29, 1.82) is 0 Å². The first-order chi connectivity index (χ1) is 11.1. The molecule has 0 spiro atoms. The fraction of sp³-hybridized carbons (Fsp3) is 0.353. The van der Waals surface area contributed by atoms with E-state index in [-0.39, 0.29) is 12.1 Å². The lowest BCUT2D eigenvalue weighted by Gasteiger charge is -2.17. The topological polar surface area (TPSA) is 83.7 Å². The van der Waals surface area contributed by atoms with E-state index < -0.39 is 6.10 Å². The summed E-state index contributed by atoms with van der Waals surface area (Å²) >= 11 is 0. The zero-order valence-electron chi connectivity index (χ0n) is 13.3. The van der Waals surface area contributed by atoms with Gasteiger partial charge in [0.15, 0.2) is 0 Å². The number of nitrogens with one attached hydrogen (secondary N) is 2. The van der Waals surface area contributed by atoms with E-state index in [1.807, 2.05) is 31.2 Å². The summed E-state index contributed by atoms with van der Waals surface area (Å²) in [5.41, 5.74) is 0.976. The summed E-state index contributed by atoms with van der Waals surface area (Å²) in [6.07, 6.45) is 1.16. The van der Waals surface area contributed by atoms with Gasteiger partial charge in [-0.15, -0.1) is 0 Å². The molecule has 0 aliphatic heterocycles. The molecule has 124 valence electrons. The van der Waals surface area contributed by atoms with E-state index in [0.29, 0.717) is 18.7 Å². The standard InChI is InChI=1S/C17H22N2O4/c1-12(10-15(20)16-4-3-9-23-16)19-17(21)18-11-13-5-7-14(22-2)8-6-13/h3-9,12,15,20H,10-11H2,1-2H3,(H2,18,19,21). The Bertz CT molecular complexity index is 596. The molecule has 0 bridgehead atoms. The number of ether oxygens (including phenoxy) is 1. The van der Waals surface area contributed by atoms with Gasteiger partial charge in [-0.2, -0.15) is 0 Å². The summed E-state index contributed by atoms with van der Waals surface area (Å²) in [5, 5.41) is 15.5. The molecule has 6 heteroatoms. The van der Waals surface area contributed by atoms with Crippen LogP contribution in [-0.2, 0) is 6.54 Å². The minimum Gasteiger partial charge on any atom is -0.497 e. The predicted molar refractivity (Wildman–Crippen MR) is 86.1 cm³/mol. The van der Waals surface area contributed by atoms with E-state index in [1.165, 1.54) is 6.26 Å². The number of carbonyl (C=O) groups excluding carboxylic acids is 1. The highest BCUT2D eigenvalue weighted by Gasteiger charge is 2.16. The molecule has 0 aliphatic carbocycles. The Balaban J connectivity index is 1.73. The fourth-order valence-electron chi connectivity index (χ4n) is 2.19. The van der Waals surface area contributed by atoms with Crippen molar-refractivity contribution in [2.75, 3.05) is 7.11 Å². The summed E-state index contributed by atoms with van der Waals surface area (Å²) in [6.45, 7) is 2.25. The lowest BCUT2D eigenvalue weighted by Crippen LogP contribution is -2.41. The molecule has 0 saturated carbocycles. The summed E-state index contributed by atoms with van der Waals surface area (Å²) < 4.78 is 10.2. The van der Waals surface area contributed by atoms with Crippen molar-refractivity contribution < 1.29 is 19.1 Å². The molecular formula is C17H22N2O4. The molecule has 1 aromatic carbocycles. The van der Waals surface area contributed by atoms with E-state index in [2.05, 4.69) is 10.6 Å². The first-order valence-electron chi connectivity index (χ1n) is 7.47. The quantitative estimate of drug-likeness (QED) is 0.733. The fourth-order valence-corrected chi connectivity index (χ4v) is 2.19. The highest BCUT2D eigenvalue weighted by atomic mass is 16.5. The Labute approximate surface area is 135 Å². The van der Waals surface area contributed by atoms with Crippen LogP contribution in [0.25, 0.3) is 0 Å². The third-order valence-electron chi connectivity index (χ3n) is 3.44. The molecule has 2 atom stereocenters. The Kier molecular flexibility index (Phi) is 6.05. The van der Waals surface area contributed by atoms with Crippen LogP contribution < -0.4 is 15.4 Å². The number of rotatable bonds is 7. The van der Waals surface area contributed by atoms with E-state index in [1.54, 1.807) is 19.2 Å². The van der Waals surface area contributed by atoms with Crippen molar-refractivity contribution in [3.05, 3.63) is 54.0 Å². The number of hydrogen-bond acceptors (Lipinski definition) is 4. The van der Waals surface area contributed by atoms with Crippen LogP contribution in [0.1, 0.15) is 30.8 Å². The third-order valence-corrected chi connectivity index (χ3v) is 3.44. The average Bonchev–Trinajstić information content (AvgIpc) is 3.08. The number of aliphatic hydroxyl groups is 1. The number of furan rings is 1. The highest BCUT2D eigenvalue weighted by molar-refractivity contribution is 5.74. The second-order valence-corrected chi connectivity index (χ2v) is 5.34. The van der Waals surface area contributed by atoms with Gasteiger partial charge in [-0.3, -0.25) is 0 Å². The van der Waals surface area contributed by atoms with Crippen molar-refractivity contribution in [2.24, 2.45) is 0 Å². The minimum absolute atomic E-state index is 0.189. The zero-order valence-corrected chi connectivity index (χ0v) is 13.3. The van der Waals surface area contributed by atoms with Gasteiger partial charge in [-0.25, -0.2) is 4.79 Å². The van der Waals surface area contributed by atoms with Gasteiger partial charge in [0, 0.05) is 19.0 Å². The number of carbonyl (C=O) groups is 1. The molecule has 3 N–H and O–H groups in total. The highest BCUT2D eigenvalue weighted by Crippen LogP contribution is 2.18. The molecule has 0 radical (unpaired) electrons. The second-order valence-electron chi connectivity index (χ2n) is 5.34. The van der Waals surface area contributed by atoms with Gasteiger partial charge in [-0.1, -0.05) is 12.1 Å². The molecule has 2 unspecified atom stereocenters. The number of urea groups is 1. The maximum atomic E-state index is 11.9. The lowest BCUT2D eigenvalue weighted by atomic mass is 10.1. The Hall–Kier alpha value is -2.47. The molecule has 2 amide bonds. The number of amides is 2. The minimum atomic E-state index is -0.734. The van der Waals surface area contributed by atoms with Gasteiger partial charge < -0.3 is 24.9 Å². The van der Waals surface area contributed by atoms with Crippen LogP contribution in [-0.4, -0.2) is 24.3 Å². The monoisotopic (exact) mass is 318 g/mol. The first kappa shape index (κ1) is 16.9. The first-order valence-corrected chi connectivity index (χ1v) is 7.47. The van der Waals surface area contributed by atoms with Crippen LogP contribution >= 0.6 is 0 Å². The maximum Gasteiger partial charge on any atom is 0.315 e. The van der Waals surface area contributed by atoms with Crippen molar-refractivity contribution in [3.63, 3.8) is 0 Å². The van der Waals surface area contributed by atoms with E-state index in [4.69, 9.17) is 9.15 Å². The Morgan fingerprint density at radius 3 is 2.65 bits per heavy atom. The number of hydrogen-bond donors (Lipinski definition) is 3. The van der Waals surface area contributed by atoms with Gasteiger partial charge in [-0.05, 0) is 36.8 Å². The van der Waals surface area contributed by atoms with Crippen LogP contribution in [0, 0.1) is 0 Å². The molecule has 0 fully saturated rings. The molecular weight excluding hydrogens is 296 g/mol. The molecule has 0 saturated heterocycles. The van der Waals surface area contributed by atoms with Gasteiger partial charge in [0.2, 0.25) is 0 Å². The SMILES string of the molecule is COc1ccc(CNC(=O)NC(C)CC(O)c2ccco2)cc1. The van der Waals surface area contributed by atoms with E-state index >= 15 is 0 Å².